The highest BCUT2D eigenvalue weighted by atomic mass is 16.3. The molecule has 7 heteroatoms. The minimum absolute atomic E-state index is 0.0989. The fourth-order valence-corrected chi connectivity index (χ4v) is 1.68. The summed E-state index contributed by atoms with van der Waals surface area (Å²) < 4.78 is 1.62. The molecule has 20 heavy (non-hydrogen) atoms. The number of hydrogen-bond acceptors (Lipinski definition) is 4. The minimum atomic E-state index is -0.985. The van der Waals surface area contributed by atoms with Gasteiger partial charge in [-0.2, -0.15) is 10.4 Å². The lowest BCUT2D eigenvalue weighted by Gasteiger charge is -2.25. The van der Waals surface area contributed by atoms with E-state index in [0.29, 0.717) is 5.56 Å². The summed E-state index contributed by atoms with van der Waals surface area (Å²) in [6, 6.07) is 1.68. The molecular weight excluding hydrogens is 258 g/mol. The van der Waals surface area contributed by atoms with Crippen molar-refractivity contribution in [2.24, 2.45) is 0 Å². The lowest BCUT2D eigenvalue weighted by atomic mass is 10.1. The van der Waals surface area contributed by atoms with Crippen molar-refractivity contribution in [1.29, 1.82) is 5.26 Å². The highest BCUT2D eigenvalue weighted by molar-refractivity contribution is 5.89. The van der Waals surface area contributed by atoms with Crippen LogP contribution in [-0.4, -0.2) is 45.0 Å². The van der Waals surface area contributed by atoms with E-state index in [-0.39, 0.29) is 18.4 Å². The number of rotatable bonds is 4. The molecule has 0 atom stereocenters. The van der Waals surface area contributed by atoms with Gasteiger partial charge in [0.25, 0.3) is 0 Å². The molecule has 0 radical (unpaired) electrons. The van der Waals surface area contributed by atoms with E-state index in [9.17, 15) is 9.90 Å². The second-order valence-electron chi connectivity index (χ2n) is 5.68. The first-order valence-electron chi connectivity index (χ1n) is 6.38. The number of nitriles is 1. The average Bonchev–Trinajstić information content (AvgIpc) is 2.70. The molecule has 0 aromatic carbocycles. The third-order valence-electron chi connectivity index (χ3n) is 2.58. The maximum Gasteiger partial charge on any atom is 0.322 e. The zero-order valence-electron chi connectivity index (χ0n) is 12.5. The van der Waals surface area contributed by atoms with Crippen LogP contribution in [0.15, 0.2) is 6.20 Å². The van der Waals surface area contributed by atoms with Crippen molar-refractivity contribution in [3.8, 4) is 6.07 Å². The number of carbonyl (C=O) groups is 1. The number of aliphatic hydroxyl groups is 1. The van der Waals surface area contributed by atoms with Crippen molar-refractivity contribution in [1.82, 2.24) is 14.7 Å². The van der Waals surface area contributed by atoms with Gasteiger partial charge in [-0.15, -0.1) is 0 Å². The van der Waals surface area contributed by atoms with E-state index in [0.717, 1.165) is 0 Å². The zero-order valence-corrected chi connectivity index (χ0v) is 12.5. The van der Waals surface area contributed by atoms with Gasteiger partial charge in [0, 0.05) is 19.3 Å². The molecule has 0 spiro atoms. The molecule has 0 aliphatic heterocycles. The number of urea groups is 1. The molecule has 7 nitrogen and oxygen atoms in total. The highest BCUT2D eigenvalue weighted by Gasteiger charge is 2.21. The van der Waals surface area contributed by atoms with Crippen LogP contribution in [0, 0.1) is 11.3 Å². The van der Waals surface area contributed by atoms with Crippen LogP contribution in [0.2, 0.25) is 0 Å². The van der Waals surface area contributed by atoms with Gasteiger partial charge in [-0.3, -0.25) is 10.00 Å². The molecule has 2 amide bonds. The van der Waals surface area contributed by atoms with Crippen LogP contribution in [0.25, 0.3) is 0 Å². The Labute approximate surface area is 118 Å². The number of hydrogen-bond donors (Lipinski definition) is 2. The molecule has 0 aliphatic carbocycles. The Bertz CT molecular complexity index is 522. The van der Waals surface area contributed by atoms with Gasteiger partial charge in [0.1, 0.15) is 11.6 Å². The Morgan fingerprint density at radius 2 is 2.25 bits per heavy atom. The maximum absolute atomic E-state index is 12.0. The smallest absolute Gasteiger partial charge is 0.322 e. The lowest BCUT2D eigenvalue weighted by Crippen LogP contribution is -2.41. The first kappa shape index (κ1) is 16.0. The number of anilines is 1. The number of likely N-dealkylation sites (N-methyl/N-ethyl adjacent to an activating group) is 1. The van der Waals surface area contributed by atoms with Gasteiger partial charge in [0.05, 0.1) is 12.1 Å². The van der Waals surface area contributed by atoms with Crippen molar-refractivity contribution in [3.05, 3.63) is 11.8 Å². The predicted octanol–water partition coefficient (Wildman–Crippen LogP) is 1.57. The van der Waals surface area contributed by atoms with E-state index in [1.54, 1.807) is 31.8 Å². The Balaban J connectivity index is 2.83. The van der Waals surface area contributed by atoms with Gasteiger partial charge in [-0.05, 0) is 27.7 Å². The van der Waals surface area contributed by atoms with Crippen LogP contribution in [0.5, 0.6) is 0 Å². The Hall–Kier alpha value is -2.07. The van der Waals surface area contributed by atoms with Crippen molar-refractivity contribution in [3.63, 3.8) is 0 Å². The zero-order chi connectivity index (χ0) is 15.5. The summed E-state index contributed by atoms with van der Waals surface area (Å²) in [5.41, 5.74) is -0.676. The summed E-state index contributed by atoms with van der Waals surface area (Å²) in [5.74, 6) is 0.230. The molecule has 1 aromatic rings. The first-order chi connectivity index (χ1) is 9.14. The summed E-state index contributed by atoms with van der Waals surface area (Å²) in [6.45, 7) is 7.27. The van der Waals surface area contributed by atoms with Crippen LogP contribution in [0.3, 0.4) is 0 Å². The summed E-state index contributed by atoms with van der Waals surface area (Å²) in [4.78, 5) is 13.3. The van der Waals surface area contributed by atoms with E-state index < -0.39 is 11.6 Å². The van der Waals surface area contributed by atoms with Gasteiger partial charge >= 0.3 is 6.03 Å². The van der Waals surface area contributed by atoms with Gasteiger partial charge in [0.2, 0.25) is 0 Å². The number of nitrogens with zero attached hydrogens (tertiary/aromatic N) is 4. The SMILES string of the molecule is CC(C)n1cc(C#N)c(NC(=O)N(C)CC(C)(C)O)n1. The molecule has 1 heterocycles. The fraction of sp³-hybridized carbons (Fsp3) is 0.615. The van der Waals surface area contributed by atoms with Gasteiger partial charge < -0.3 is 10.0 Å². The van der Waals surface area contributed by atoms with Gasteiger partial charge in [0.15, 0.2) is 5.82 Å². The van der Waals surface area contributed by atoms with Crippen LogP contribution in [-0.2, 0) is 0 Å². The summed E-state index contributed by atoms with van der Waals surface area (Å²) in [6.07, 6.45) is 1.59. The second-order valence-corrected chi connectivity index (χ2v) is 5.68. The largest absolute Gasteiger partial charge is 0.389 e. The Morgan fingerprint density at radius 3 is 2.70 bits per heavy atom. The van der Waals surface area contributed by atoms with E-state index in [2.05, 4.69) is 10.4 Å². The summed E-state index contributed by atoms with van der Waals surface area (Å²) in [7, 11) is 1.57. The molecule has 110 valence electrons. The molecule has 0 fully saturated rings. The molecule has 1 aromatic heterocycles. The van der Waals surface area contributed by atoms with Crippen LogP contribution in [0.1, 0.15) is 39.3 Å². The Morgan fingerprint density at radius 1 is 1.65 bits per heavy atom. The van der Waals surface area contributed by atoms with Crippen molar-refractivity contribution in [2.45, 2.75) is 39.3 Å². The molecule has 0 saturated carbocycles. The minimum Gasteiger partial charge on any atom is -0.389 e. The molecule has 0 aliphatic rings. The molecule has 2 N–H and O–H groups in total. The lowest BCUT2D eigenvalue weighted by molar-refractivity contribution is 0.0550. The Kier molecular flexibility index (Phi) is 4.73. The van der Waals surface area contributed by atoms with Gasteiger partial charge in [-0.25, -0.2) is 4.79 Å². The van der Waals surface area contributed by atoms with E-state index in [1.807, 2.05) is 19.9 Å². The number of carbonyl (C=O) groups excluding carboxylic acids is 1. The number of aromatic nitrogens is 2. The summed E-state index contributed by atoms with van der Waals surface area (Å²) in [5, 5.41) is 25.5. The monoisotopic (exact) mass is 279 g/mol. The topological polar surface area (TPSA) is 94.2 Å². The number of amides is 2. The van der Waals surface area contributed by atoms with Crippen molar-refractivity contribution < 1.29 is 9.90 Å². The second kappa shape index (κ2) is 5.92. The maximum atomic E-state index is 12.0. The fourth-order valence-electron chi connectivity index (χ4n) is 1.68. The quantitative estimate of drug-likeness (QED) is 0.874. The van der Waals surface area contributed by atoms with Crippen molar-refractivity contribution >= 4 is 11.8 Å². The molecule has 0 bridgehead atoms. The van der Waals surface area contributed by atoms with Crippen LogP contribution >= 0.6 is 0 Å². The average molecular weight is 279 g/mol. The molecule has 1 rings (SSSR count). The normalized spacial score (nSPS) is 11.3. The first-order valence-corrected chi connectivity index (χ1v) is 6.38. The van der Waals surface area contributed by atoms with E-state index >= 15 is 0 Å². The van der Waals surface area contributed by atoms with E-state index in [1.165, 1.54) is 4.90 Å². The van der Waals surface area contributed by atoms with Crippen LogP contribution in [0.4, 0.5) is 10.6 Å². The van der Waals surface area contributed by atoms with Crippen molar-refractivity contribution in [2.75, 3.05) is 18.9 Å². The van der Waals surface area contributed by atoms with E-state index in [4.69, 9.17) is 5.26 Å². The number of nitrogens with one attached hydrogen (secondary N) is 1. The molecule has 0 saturated heterocycles. The summed E-state index contributed by atoms with van der Waals surface area (Å²) >= 11 is 0. The van der Waals surface area contributed by atoms with Crippen LogP contribution < -0.4 is 5.32 Å². The third kappa shape index (κ3) is 4.24. The van der Waals surface area contributed by atoms with Gasteiger partial charge in [-0.1, -0.05) is 0 Å². The predicted molar refractivity (Wildman–Crippen MR) is 75.3 cm³/mol. The third-order valence-corrected chi connectivity index (χ3v) is 2.58. The molecule has 0 unspecified atom stereocenters. The standard InChI is InChI=1S/C13H21N5O2/c1-9(2)18-7-10(6-14)11(16-18)15-12(19)17(5)8-13(3,4)20/h7,9,20H,8H2,1-5H3,(H,15,16,19). The highest BCUT2D eigenvalue weighted by Crippen LogP contribution is 2.16. The molecular formula is C13H21N5O2.